The first-order valence-electron chi connectivity index (χ1n) is 5.91. The monoisotopic (exact) mass is 255 g/mol. The van der Waals surface area contributed by atoms with Crippen molar-refractivity contribution < 1.29 is 19.4 Å². The number of aliphatic hydroxyl groups is 1. The fourth-order valence-electron chi connectivity index (χ4n) is 1.54. The topological polar surface area (TPSA) is 62.1 Å². The van der Waals surface area contributed by atoms with Crippen LogP contribution in [0.15, 0.2) is 23.4 Å². The van der Waals surface area contributed by atoms with E-state index in [-0.39, 0.29) is 6.61 Å². The lowest BCUT2D eigenvalue weighted by Crippen LogP contribution is -2.04. The van der Waals surface area contributed by atoms with E-state index in [4.69, 9.17) is 15.1 Å². The van der Waals surface area contributed by atoms with Gasteiger partial charge in [-0.05, 0) is 38.3 Å². The number of hydrogen-bond acceptors (Lipinski definition) is 4. The van der Waals surface area contributed by atoms with Crippen molar-refractivity contribution >= 4 is 5.71 Å². The van der Waals surface area contributed by atoms with Gasteiger partial charge in [0.15, 0.2) is 0 Å². The van der Waals surface area contributed by atoms with E-state index in [2.05, 4.69) is 5.16 Å². The molecule has 1 rings (SSSR count). The lowest BCUT2D eigenvalue weighted by atomic mass is 10.1. The van der Waals surface area contributed by atoms with E-state index in [1.165, 1.54) is 18.2 Å². The number of halogens is 1. The Kier molecular flexibility index (Phi) is 6.14. The summed E-state index contributed by atoms with van der Waals surface area (Å²) < 4.78 is 18.6. The second-order valence-electron chi connectivity index (χ2n) is 3.96. The van der Waals surface area contributed by atoms with Gasteiger partial charge < -0.3 is 15.1 Å². The van der Waals surface area contributed by atoms with E-state index in [9.17, 15) is 4.39 Å². The van der Waals surface area contributed by atoms with Crippen molar-refractivity contribution in [3.05, 3.63) is 29.6 Å². The highest BCUT2D eigenvalue weighted by atomic mass is 19.1. The van der Waals surface area contributed by atoms with Crippen molar-refractivity contribution in [3.8, 4) is 5.75 Å². The Bertz CT molecular complexity index is 407. The molecule has 1 aromatic rings. The Morgan fingerprint density at radius 2 is 2.11 bits per heavy atom. The van der Waals surface area contributed by atoms with Gasteiger partial charge in [0.05, 0.1) is 12.3 Å². The van der Waals surface area contributed by atoms with Crippen LogP contribution in [-0.2, 0) is 0 Å². The van der Waals surface area contributed by atoms with Crippen molar-refractivity contribution in [2.75, 3.05) is 13.2 Å². The maximum absolute atomic E-state index is 13.1. The summed E-state index contributed by atoms with van der Waals surface area (Å²) in [7, 11) is 0. The third-order valence-electron chi connectivity index (χ3n) is 2.54. The summed E-state index contributed by atoms with van der Waals surface area (Å²) in [6, 6.07) is 4.09. The zero-order valence-corrected chi connectivity index (χ0v) is 10.4. The third kappa shape index (κ3) is 4.33. The minimum atomic E-state index is -0.394. The van der Waals surface area contributed by atoms with Gasteiger partial charge >= 0.3 is 0 Å². The van der Waals surface area contributed by atoms with Crippen LogP contribution in [0.2, 0.25) is 0 Å². The summed E-state index contributed by atoms with van der Waals surface area (Å²) in [6.45, 7) is 2.22. The average molecular weight is 255 g/mol. The molecule has 0 aliphatic rings. The van der Waals surface area contributed by atoms with Crippen LogP contribution in [0.1, 0.15) is 31.7 Å². The summed E-state index contributed by atoms with van der Waals surface area (Å²) in [5, 5.41) is 20.5. The predicted molar refractivity (Wildman–Crippen MR) is 66.8 cm³/mol. The maximum Gasteiger partial charge on any atom is 0.131 e. The molecule has 18 heavy (non-hydrogen) atoms. The van der Waals surface area contributed by atoms with Crippen LogP contribution < -0.4 is 4.74 Å². The number of ether oxygens (including phenoxy) is 1. The fourth-order valence-corrected chi connectivity index (χ4v) is 1.54. The molecule has 0 aromatic heterocycles. The van der Waals surface area contributed by atoms with Gasteiger partial charge in [0, 0.05) is 18.2 Å². The lowest BCUT2D eigenvalue weighted by Gasteiger charge is -2.10. The molecular formula is C13H18FNO3. The van der Waals surface area contributed by atoms with Crippen LogP contribution in [0, 0.1) is 5.82 Å². The molecule has 0 atom stereocenters. The molecule has 0 fully saturated rings. The molecule has 5 heteroatoms. The predicted octanol–water partition coefficient (Wildman–Crippen LogP) is 2.57. The van der Waals surface area contributed by atoms with Crippen molar-refractivity contribution in [3.63, 3.8) is 0 Å². The van der Waals surface area contributed by atoms with Crippen LogP contribution in [0.4, 0.5) is 4.39 Å². The number of rotatable bonds is 7. The van der Waals surface area contributed by atoms with Gasteiger partial charge in [0.1, 0.15) is 11.6 Å². The smallest absolute Gasteiger partial charge is 0.131 e. The minimum Gasteiger partial charge on any atom is -0.493 e. The van der Waals surface area contributed by atoms with Crippen LogP contribution >= 0.6 is 0 Å². The highest BCUT2D eigenvalue weighted by Crippen LogP contribution is 2.21. The van der Waals surface area contributed by atoms with E-state index >= 15 is 0 Å². The van der Waals surface area contributed by atoms with Gasteiger partial charge in [-0.3, -0.25) is 0 Å². The van der Waals surface area contributed by atoms with Gasteiger partial charge in [0.25, 0.3) is 0 Å². The fraction of sp³-hybridized carbons (Fsp3) is 0.462. The van der Waals surface area contributed by atoms with Crippen molar-refractivity contribution in [1.29, 1.82) is 0 Å². The van der Waals surface area contributed by atoms with Crippen LogP contribution in [-0.4, -0.2) is 29.2 Å². The Labute approximate surface area is 106 Å². The number of oxime groups is 1. The zero-order valence-electron chi connectivity index (χ0n) is 10.4. The van der Waals surface area contributed by atoms with Crippen LogP contribution in [0.3, 0.4) is 0 Å². The Morgan fingerprint density at radius 3 is 2.78 bits per heavy atom. The summed E-state index contributed by atoms with van der Waals surface area (Å²) in [6.07, 6.45) is 2.37. The van der Waals surface area contributed by atoms with E-state index in [0.29, 0.717) is 23.6 Å². The lowest BCUT2D eigenvalue weighted by molar-refractivity contribution is 0.265. The highest BCUT2D eigenvalue weighted by molar-refractivity contribution is 6.00. The quantitative estimate of drug-likeness (QED) is 0.340. The molecule has 0 amide bonds. The second kappa shape index (κ2) is 7.66. The van der Waals surface area contributed by atoms with Gasteiger partial charge in [-0.2, -0.15) is 0 Å². The zero-order chi connectivity index (χ0) is 13.4. The molecule has 0 heterocycles. The Hall–Kier alpha value is -1.62. The molecule has 0 unspecified atom stereocenters. The van der Waals surface area contributed by atoms with Gasteiger partial charge in [-0.15, -0.1) is 0 Å². The largest absolute Gasteiger partial charge is 0.493 e. The normalized spacial score (nSPS) is 11.6. The van der Waals surface area contributed by atoms with Gasteiger partial charge in [-0.1, -0.05) is 5.16 Å². The van der Waals surface area contributed by atoms with E-state index in [0.717, 1.165) is 19.3 Å². The first kappa shape index (κ1) is 14.4. The first-order chi connectivity index (χ1) is 8.69. The second-order valence-corrected chi connectivity index (χ2v) is 3.96. The molecule has 0 saturated heterocycles. The molecule has 0 radical (unpaired) electrons. The molecule has 0 aliphatic carbocycles. The number of benzene rings is 1. The molecule has 2 N–H and O–H groups in total. The standard InChI is InChI=1S/C13H18FNO3/c1-10(15-17)12-6-5-11(14)9-13(12)18-8-4-2-3-7-16/h5-6,9,16-17H,2-4,7-8H2,1H3. The number of aliphatic hydroxyl groups excluding tert-OH is 1. The Balaban J connectivity index is 2.65. The van der Waals surface area contributed by atoms with Crippen molar-refractivity contribution in [1.82, 2.24) is 0 Å². The summed E-state index contributed by atoms with van der Waals surface area (Å²) in [5.74, 6) is -0.0239. The summed E-state index contributed by atoms with van der Waals surface area (Å²) in [4.78, 5) is 0. The molecular weight excluding hydrogens is 237 g/mol. The summed E-state index contributed by atoms with van der Waals surface area (Å²) in [5.41, 5.74) is 0.946. The van der Waals surface area contributed by atoms with E-state index in [1.807, 2.05) is 0 Å². The number of hydrogen-bond donors (Lipinski definition) is 2. The molecule has 0 spiro atoms. The number of nitrogens with zero attached hydrogens (tertiary/aromatic N) is 1. The van der Waals surface area contributed by atoms with Crippen molar-refractivity contribution in [2.24, 2.45) is 5.16 Å². The molecule has 1 aromatic carbocycles. The Morgan fingerprint density at radius 1 is 1.33 bits per heavy atom. The van der Waals surface area contributed by atoms with Crippen molar-refractivity contribution in [2.45, 2.75) is 26.2 Å². The third-order valence-corrected chi connectivity index (χ3v) is 2.54. The van der Waals surface area contributed by atoms with E-state index in [1.54, 1.807) is 6.92 Å². The average Bonchev–Trinajstić information content (AvgIpc) is 2.38. The SMILES string of the molecule is CC(=NO)c1ccc(F)cc1OCCCCCO. The molecule has 0 saturated carbocycles. The number of unbranched alkanes of at least 4 members (excludes halogenated alkanes) is 2. The highest BCUT2D eigenvalue weighted by Gasteiger charge is 2.08. The minimum absolute atomic E-state index is 0.168. The van der Waals surface area contributed by atoms with E-state index < -0.39 is 5.82 Å². The van der Waals surface area contributed by atoms with Crippen LogP contribution in [0.25, 0.3) is 0 Å². The molecule has 0 bridgehead atoms. The van der Waals surface area contributed by atoms with Gasteiger partial charge in [-0.25, -0.2) is 4.39 Å². The summed E-state index contributed by atoms with van der Waals surface area (Å²) >= 11 is 0. The molecule has 4 nitrogen and oxygen atoms in total. The van der Waals surface area contributed by atoms with Crippen LogP contribution in [0.5, 0.6) is 5.75 Å². The molecule has 100 valence electrons. The first-order valence-corrected chi connectivity index (χ1v) is 5.91. The molecule has 0 aliphatic heterocycles. The maximum atomic E-state index is 13.1. The van der Waals surface area contributed by atoms with Gasteiger partial charge in [0.2, 0.25) is 0 Å².